The SMILES string of the molecule is C=C(C)[C@@H]1CC(O)C(C)=CC1c1c(O)cc(CCCCCO)cc1O. The van der Waals surface area contributed by atoms with E-state index in [1.54, 1.807) is 12.1 Å². The van der Waals surface area contributed by atoms with Crippen molar-refractivity contribution in [3.63, 3.8) is 0 Å². The van der Waals surface area contributed by atoms with Gasteiger partial charge in [0.2, 0.25) is 0 Å². The third-order valence-corrected chi connectivity index (χ3v) is 5.16. The van der Waals surface area contributed by atoms with Gasteiger partial charge in [0.15, 0.2) is 0 Å². The van der Waals surface area contributed by atoms with E-state index in [9.17, 15) is 15.3 Å². The third kappa shape index (κ3) is 4.65. The molecule has 1 aliphatic rings. The Bertz CT molecular complexity index is 624. The fourth-order valence-corrected chi connectivity index (χ4v) is 3.66. The molecule has 1 aromatic rings. The Kier molecular flexibility index (Phi) is 6.68. The first-order valence-electron chi connectivity index (χ1n) is 9.02. The van der Waals surface area contributed by atoms with Crippen LogP contribution < -0.4 is 0 Å². The van der Waals surface area contributed by atoms with Crippen molar-refractivity contribution in [1.29, 1.82) is 0 Å². The van der Waals surface area contributed by atoms with Gasteiger partial charge in [-0.3, -0.25) is 0 Å². The summed E-state index contributed by atoms with van der Waals surface area (Å²) in [5.74, 6) is -0.0297. The molecule has 4 N–H and O–H groups in total. The van der Waals surface area contributed by atoms with Gasteiger partial charge < -0.3 is 20.4 Å². The van der Waals surface area contributed by atoms with Crippen LogP contribution >= 0.6 is 0 Å². The van der Waals surface area contributed by atoms with E-state index in [4.69, 9.17) is 5.11 Å². The van der Waals surface area contributed by atoms with Crippen molar-refractivity contribution in [1.82, 2.24) is 0 Å². The number of aromatic hydroxyl groups is 2. The highest BCUT2D eigenvalue weighted by Gasteiger charge is 2.33. The normalized spacial score (nSPS) is 23.4. The lowest BCUT2D eigenvalue weighted by Crippen LogP contribution is -2.26. The molecule has 0 heterocycles. The molecule has 4 nitrogen and oxygen atoms in total. The molecule has 3 atom stereocenters. The summed E-state index contributed by atoms with van der Waals surface area (Å²) in [5.41, 5.74) is 3.19. The van der Waals surface area contributed by atoms with Crippen LogP contribution in [-0.4, -0.2) is 33.1 Å². The zero-order valence-corrected chi connectivity index (χ0v) is 15.2. The van der Waals surface area contributed by atoms with Crippen molar-refractivity contribution in [2.45, 2.75) is 58.0 Å². The minimum Gasteiger partial charge on any atom is -0.507 e. The maximum Gasteiger partial charge on any atom is 0.123 e. The molecule has 4 heteroatoms. The number of aliphatic hydroxyl groups is 2. The first-order chi connectivity index (χ1) is 11.8. The molecule has 0 aromatic heterocycles. The summed E-state index contributed by atoms with van der Waals surface area (Å²) in [6.07, 6.45) is 5.32. The number of aliphatic hydroxyl groups excluding tert-OH is 2. The summed E-state index contributed by atoms with van der Waals surface area (Å²) in [5, 5.41) is 40.1. The van der Waals surface area contributed by atoms with Crippen LogP contribution in [0.1, 0.15) is 56.6 Å². The summed E-state index contributed by atoms with van der Waals surface area (Å²) in [4.78, 5) is 0. The van der Waals surface area contributed by atoms with E-state index < -0.39 is 6.10 Å². The average molecular weight is 346 g/mol. The first-order valence-corrected chi connectivity index (χ1v) is 9.02. The van der Waals surface area contributed by atoms with Gasteiger partial charge in [-0.25, -0.2) is 0 Å². The summed E-state index contributed by atoms with van der Waals surface area (Å²) >= 11 is 0. The molecule has 0 aliphatic heterocycles. The van der Waals surface area contributed by atoms with E-state index in [2.05, 4.69) is 6.58 Å². The molecule has 0 amide bonds. The maximum atomic E-state index is 10.6. The summed E-state index contributed by atoms with van der Waals surface area (Å²) in [7, 11) is 0. The quantitative estimate of drug-likeness (QED) is 0.447. The zero-order chi connectivity index (χ0) is 18.6. The van der Waals surface area contributed by atoms with Crippen molar-refractivity contribution < 1.29 is 20.4 Å². The van der Waals surface area contributed by atoms with Crippen molar-refractivity contribution in [3.8, 4) is 11.5 Å². The molecule has 25 heavy (non-hydrogen) atoms. The molecule has 0 spiro atoms. The molecule has 2 unspecified atom stereocenters. The van der Waals surface area contributed by atoms with E-state index in [1.165, 1.54) is 0 Å². The Morgan fingerprint density at radius 3 is 2.36 bits per heavy atom. The van der Waals surface area contributed by atoms with Crippen LogP contribution in [0.15, 0.2) is 35.9 Å². The van der Waals surface area contributed by atoms with Crippen LogP contribution in [0, 0.1) is 5.92 Å². The Balaban J connectivity index is 2.30. The van der Waals surface area contributed by atoms with Crippen molar-refractivity contribution >= 4 is 0 Å². The minimum atomic E-state index is -0.506. The topological polar surface area (TPSA) is 80.9 Å². The van der Waals surface area contributed by atoms with Crippen LogP contribution in [-0.2, 0) is 6.42 Å². The maximum absolute atomic E-state index is 10.6. The van der Waals surface area contributed by atoms with Gasteiger partial charge >= 0.3 is 0 Å². The van der Waals surface area contributed by atoms with Crippen LogP contribution in [0.2, 0.25) is 0 Å². The average Bonchev–Trinajstić information content (AvgIpc) is 2.53. The first kappa shape index (κ1) is 19.5. The number of allylic oxidation sites excluding steroid dienone is 2. The van der Waals surface area contributed by atoms with Crippen molar-refractivity contribution in [3.05, 3.63) is 47.1 Å². The molecular formula is C21H30O4. The zero-order valence-electron chi connectivity index (χ0n) is 15.2. The minimum absolute atomic E-state index is 0.0223. The molecule has 0 saturated carbocycles. The van der Waals surface area contributed by atoms with Gasteiger partial charge in [0.1, 0.15) is 11.5 Å². The Morgan fingerprint density at radius 1 is 1.16 bits per heavy atom. The molecule has 0 bridgehead atoms. The van der Waals surface area contributed by atoms with E-state index >= 15 is 0 Å². The lowest BCUT2D eigenvalue weighted by Gasteiger charge is -2.34. The molecule has 2 rings (SSSR count). The Morgan fingerprint density at radius 2 is 1.80 bits per heavy atom. The van der Waals surface area contributed by atoms with Gasteiger partial charge in [0.05, 0.1) is 6.10 Å². The molecular weight excluding hydrogens is 316 g/mol. The monoisotopic (exact) mass is 346 g/mol. The Hall–Kier alpha value is -1.78. The highest BCUT2D eigenvalue weighted by molar-refractivity contribution is 5.52. The molecule has 0 saturated heterocycles. The van der Waals surface area contributed by atoms with Crippen LogP contribution in [0.25, 0.3) is 0 Å². The highest BCUT2D eigenvalue weighted by Crippen LogP contribution is 2.46. The molecule has 1 aromatic carbocycles. The van der Waals surface area contributed by atoms with Crippen molar-refractivity contribution in [2.24, 2.45) is 5.92 Å². The lowest BCUT2D eigenvalue weighted by atomic mass is 9.72. The number of hydrogen-bond donors (Lipinski definition) is 4. The van der Waals surface area contributed by atoms with E-state index in [0.29, 0.717) is 12.0 Å². The van der Waals surface area contributed by atoms with Gasteiger partial charge in [-0.2, -0.15) is 0 Å². The second-order valence-electron chi connectivity index (χ2n) is 7.22. The fourth-order valence-electron chi connectivity index (χ4n) is 3.66. The molecule has 0 radical (unpaired) electrons. The second-order valence-corrected chi connectivity index (χ2v) is 7.22. The number of phenols is 2. The summed E-state index contributed by atoms with van der Waals surface area (Å²) < 4.78 is 0. The molecule has 138 valence electrons. The largest absolute Gasteiger partial charge is 0.507 e. The molecule has 0 fully saturated rings. The number of benzene rings is 1. The van der Waals surface area contributed by atoms with Crippen LogP contribution in [0.3, 0.4) is 0 Å². The number of phenolic OH excluding ortho intramolecular Hbond substituents is 2. The predicted octanol–water partition coefficient (Wildman–Crippen LogP) is 3.79. The van der Waals surface area contributed by atoms with Crippen LogP contribution in [0.5, 0.6) is 11.5 Å². The lowest BCUT2D eigenvalue weighted by molar-refractivity contribution is 0.168. The highest BCUT2D eigenvalue weighted by atomic mass is 16.3. The summed E-state index contributed by atoms with van der Waals surface area (Å²) in [6, 6.07) is 3.44. The summed E-state index contributed by atoms with van der Waals surface area (Å²) in [6.45, 7) is 8.01. The van der Waals surface area contributed by atoms with E-state index in [0.717, 1.165) is 42.4 Å². The number of rotatable bonds is 7. The van der Waals surface area contributed by atoms with E-state index in [-0.39, 0.29) is 29.9 Å². The van der Waals surface area contributed by atoms with Gasteiger partial charge in [0.25, 0.3) is 0 Å². The van der Waals surface area contributed by atoms with E-state index in [1.807, 2.05) is 19.9 Å². The Labute approximate surface area is 150 Å². The van der Waals surface area contributed by atoms with Gasteiger partial charge in [-0.05, 0) is 68.7 Å². The second kappa shape index (κ2) is 8.54. The standard InChI is InChI=1S/C21H30O4/c1-13(2)16-12-18(23)14(3)9-17(16)21-19(24)10-15(11-20(21)25)7-5-4-6-8-22/h9-11,16-18,22-25H,1,4-8,12H2,2-3H3/t16-,17?,18?/m0/s1. The number of aryl methyl sites for hydroxylation is 1. The number of unbranched alkanes of at least 4 members (excludes halogenated alkanes) is 2. The molecule has 1 aliphatic carbocycles. The van der Waals surface area contributed by atoms with Crippen molar-refractivity contribution in [2.75, 3.05) is 6.61 Å². The number of hydrogen-bond acceptors (Lipinski definition) is 4. The smallest absolute Gasteiger partial charge is 0.123 e. The predicted molar refractivity (Wildman–Crippen MR) is 99.8 cm³/mol. The third-order valence-electron chi connectivity index (χ3n) is 5.16. The van der Waals surface area contributed by atoms with Gasteiger partial charge in [-0.1, -0.05) is 24.6 Å². The van der Waals surface area contributed by atoms with Gasteiger partial charge in [-0.15, -0.1) is 0 Å². The fraction of sp³-hybridized carbons (Fsp3) is 0.524. The van der Waals surface area contributed by atoms with Gasteiger partial charge in [0, 0.05) is 18.1 Å². The van der Waals surface area contributed by atoms with Crippen LogP contribution in [0.4, 0.5) is 0 Å².